The van der Waals surface area contributed by atoms with Gasteiger partial charge in [-0.15, -0.1) is 0 Å². The van der Waals surface area contributed by atoms with Crippen molar-refractivity contribution < 1.29 is 4.79 Å². The standard InChI is InChI=1S/C19H31N3O/c1-22(16-18-6-3-2-4-7-18)15-5-12-21-19(23)9-8-17-10-13-20-14-11-17/h2-4,6-7,17,20H,5,8-16H2,1H3,(H,21,23). The molecule has 0 radical (unpaired) electrons. The number of nitrogens with zero attached hydrogens (tertiary/aromatic N) is 1. The van der Waals surface area contributed by atoms with Gasteiger partial charge in [0.1, 0.15) is 0 Å². The summed E-state index contributed by atoms with van der Waals surface area (Å²) in [5.74, 6) is 0.952. The van der Waals surface area contributed by atoms with E-state index in [2.05, 4.69) is 46.8 Å². The number of rotatable bonds is 9. The topological polar surface area (TPSA) is 44.4 Å². The largest absolute Gasteiger partial charge is 0.356 e. The second-order valence-electron chi connectivity index (χ2n) is 6.66. The molecule has 0 spiro atoms. The Kier molecular flexibility index (Phi) is 8.12. The molecule has 0 atom stereocenters. The van der Waals surface area contributed by atoms with Gasteiger partial charge in [-0.25, -0.2) is 0 Å². The van der Waals surface area contributed by atoms with Crippen molar-refractivity contribution in [3.05, 3.63) is 35.9 Å². The van der Waals surface area contributed by atoms with Crippen LogP contribution in [0.25, 0.3) is 0 Å². The first-order valence-corrected chi connectivity index (χ1v) is 8.94. The van der Waals surface area contributed by atoms with E-state index in [-0.39, 0.29) is 5.91 Å². The van der Waals surface area contributed by atoms with Crippen molar-refractivity contribution in [3.8, 4) is 0 Å². The summed E-state index contributed by atoms with van der Waals surface area (Å²) in [6.45, 7) is 4.97. The van der Waals surface area contributed by atoms with Crippen LogP contribution in [0.3, 0.4) is 0 Å². The highest BCUT2D eigenvalue weighted by Crippen LogP contribution is 2.17. The summed E-state index contributed by atoms with van der Waals surface area (Å²) in [4.78, 5) is 14.2. The second-order valence-corrected chi connectivity index (χ2v) is 6.66. The van der Waals surface area contributed by atoms with Gasteiger partial charge < -0.3 is 15.5 Å². The summed E-state index contributed by atoms with van der Waals surface area (Å²) in [7, 11) is 2.13. The van der Waals surface area contributed by atoms with E-state index < -0.39 is 0 Å². The summed E-state index contributed by atoms with van der Waals surface area (Å²) >= 11 is 0. The van der Waals surface area contributed by atoms with E-state index in [9.17, 15) is 4.79 Å². The molecule has 1 heterocycles. The number of amides is 1. The van der Waals surface area contributed by atoms with Gasteiger partial charge in [-0.2, -0.15) is 0 Å². The molecule has 128 valence electrons. The Morgan fingerprint density at radius 2 is 2.00 bits per heavy atom. The Hall–Kier alpha value is -1.39. The molecule has 0 saturated carbocycles. The molecule has 1 aliphatic heterocycles. The molecule has 0 aromatic heterocycles. The van der Waals surface area contributed by atoms with E-state index in [1.807, 2.05) is 6.07 Å². The molecular weight excluding hydrogens is 286 g/mol. The van der Waals surface area contributed by atoms with Crippen LogP contribution in [0.4, 0.5) is 0 Å². The van der Waals surface area contributed by atoms with Crippen LogP contribution in [-0.4, -0.2) is 44.0 Å². The maximum atomic E-state index is 11.9. The monoisotopic (exact) mass is 317 g/mol. The third-order valence-electron chi connectivity index (χ3n) is 4.57. The SMILES string of the molecule is CN(CCCNC(=O)CCC1CCNCC1)Cc1ccccc1. The number of carbonyl (C=O) groups is 1. The normalized spacial score (nSPS) is 15.7. The van der Waals surface area contributed by atoms with E-state index in [0.29, 0.717) is 6.42 Å². The predicted octanol–water partition coefficient (Wildman–Crippen LogP) is 2.40. The lowest BCUT2D eigenvalue weighted by Crippen LogP contribution is -2.30. The first kappa shape index (κ1) is 18.0. The predicted molar refractivity (Wildman–Crippen MR) is 95.2 cm³/mol. The fraction of sp³-hybridized carbons (Fsp3) is 0.632. The smallest absolute Gasteiger partial charge is 0.220 e. The minimum absolute atomic E-state index is 0.217. The summed E-state index contributed by atoms with van der Waals surface area (Å²) in [5, 5.41) is 6.43. The van der Waals surface area contributed by atoms with Crippen LogP contribution in [0.5, 0.6) is 0 Å². The number of carbonyl (C=O) groups excluding carboxylic acids is 1. The molecule has 0 aliphatic carbocycles. The fourth-order valence-corrected chi connectivity index (χ4v) is 3.14. The van der Waals surface area contributed by atoms with E-state index in [1.165, 1.54) is 18.4 Å². The van der Waals surface area contributed by atoms with E-state index in [0.717, 1.165) is 51.5 Å². The van der Waals surface area contributed by atoms with Crippen molar-refractivity contribution in [2.75, 3.05) is 33.2 Å². The minimum atomic E-state index is 0.217. The summed E-state index contributed by atoms with van der Waals surface area (Å²) in [6.07, 6.45) is 5.17. The van der Waals surface area contributed by atoms with Crippen LogP contribution >= 0.6 is 0 Å². The molecule has 2 N–H and O–H groups in total. The van der Waals surface area contributed by atoms with Crippen molar-refractivity contribution >= 4 is 5.91 Å². The molecular formula is C19H31N3O. The molecule has 23 heavy (non-hydrogen) atoms. The van der Waals surface area contributed by atoms with Gasteiger partial charge in [-0.1, -0.05) is 30.3 Å². The highest BCUT2D eigenvalue weighted by atomic mass is 16.1. The molecule has 2 rings (SSSR count). The van der Waals surface area contributed by atoms with Crippen LogP contribution in [0, 0.1) is 5.92 Å². The van der Waals surface area contributed by atoms with Gasteiger partial charge in [0, 0.05) is 19.5 Å². The van der Waals surface area contributed by atoms with Crippen LogP contribution in [0.2, 0.25) is 0 Å². The Morgan fingerprint density at radius 3 is 2.74 bits per heavy atom. The van der Waals surface area contributed by atoms with E-state index in [4.69, 9.17) is 0 Å². The van der Waals surface area contributed by atoms with Crippen LogP contribution in [0.1, 0.15) is 37.7 Å². The van der Waals surface area contributed by atoms with Crippen LogP contribution < -0.4 is 10.6 Å². The molecule has 4 heteroatoms. The number of benzene rings is 1. The van der Waals surface area contributed by atoms with Crippen molar-refractivity contribution in [3.63, 3.8) is 0 Å². The zero-order chi connectivity index (χ0) is 16.3. The van der Waals surface area contributed by atoms with Crippen molar-refractivity contribution in [2.24, 2.45) is 5.92 Å². The molecule has 0 unspecified atom stereocenters. The molecule has 1 aromatic carbocycles. The van der Waals surface area contributed by atoms with Gasteiger partial charge in [0.05, 0.1) is 0 Å². The summed E-state index contributed by atoms with van der Waals surface area (Å²) < 4.78 is 0. The summed E-state index contributed by atoms with van der Waals surface area (Å²) in [6, 6.07) is 10.5. The number of hydrogen-bond acceptors (Lipinski definition) is 3. The quantitative estimate of drug-likeness (QED) is 0.688. The maximum absolute atomic E-state index is 11.9. The Balaban J connectivity index is 1.50. The number of hydrogen-bond donors (Lipinski definition) is 2. The van der Waals surface area contributed by atoms with Crippen molar-refractivity contribution in [1.82, 2.24) is 15.5 Å². The lowest BCUT2D eigenvalue weighted by Gasteiger charge is -2.22. The molecule has 4 nitrogen and oxygen atoms in total. The lowest BCUT2D eigenvalue weighted by atomic mass is 9.93. The van der Waals surface area contributed by atoms with Crippen LogP contribution in [0.15, 0.2) is 30.3 Å². The van der Waals surface area contributed by atoms with Gasteiger partial charge in [0.15, 0.2) is 0 Å². The van der Waals surface area contributed by atoms with Gasteiger partial charge in [0.25, 0.3) is 0 Å². The van der Waals surface area contributed by atoms with Crippen LogP contribution in [-0.2, 0) is 11.3 Å². The third kappa shape index (κ3) is 7.62. The average molecular weight is 317 g/mol. The molecule has 0 bridgehead atoms. The maximum Gasteiger partial charge on any atom is 0.220 e. The minimum Gasteiger partial charge on any atom is -0.356 e. The molecule has 1 saturated heterocycles. The molecule has 1 aliphatic rings. The third-order valence-corrected chi connectivity index (χ3v) is 4.57. The first-order chi connectivity index (χ1) is 11.2. The van der Waals surface area contributed by atoms with Gasteiger partial charge >= 0.3 is 0 Å². The second kappa shape index (κ2) is 10.4. The summed E-state index contributed by atoms with van der Waals surface area (Å²) in [5.41, 5.74) is 1.33. The zero-order valence-corrected chi connectivity index (χ0v) is 14.4. The first-order valence-electron chi connectivity index (χ1n) is 8.94. The highest BCUT2D eigenvalue weighted by Gasteiger charge is 2.14. The molecule has 1 amide bonds. The molecule has 1 fully saturated rings. The Labute approximate surface area is 140 Å². The lowest BCUT2D eigenvalue weighted by molar-refractivity contribution is -0.121. The van der Waals surface area contributed by atoms with Gasteiger partial charge in [-0.05, 0) is 63.8 Å². The van der Waals surface area contributed by atoms with Crippen molar-refractivity contribution in [1.29, 1.82) is 0 Å². The van der Waals surface area contributed by atoms with Gasteiger partial charge in [-0.3, -0.25) is 4.79 Å². The highest BCUT2D eigenvalue weighted by molar-refractivity contribution is 5.75. The number of piperidine rings is 1. The zero-order valence-electron chi connectivity index (χ0n) is 14.4. The van der Waals surface area contributed by atoms with Crippen molar-refractivity contribution in [2.45, 2.75) is 38.6 Å². The Morgan fingerprint density at radius 1 is 1.26 bits per heavy atom. The fourth-order valence-electron chi connectivity index (χ4n) is 3.14. The molecule has 1 aromatic rings. The number of nitrogens with one attached hydrogen (secondary N) is 2. The van der Waals surface area contributed by atoms with E-state index in [1.54, 1.807) is 0 Å². The Bertz CT molecular complexity index is 443. The average Bonchev–Trinajstić information content (AvgIpc) is 2.59. The van der Waals surface area contributed by atoms with E-state index >= 15 is 0 Å². The van der Waals surface area contributed by atoms with Gasteiger partial charge in [0.2, 0.25) is 5.91 Å².